The normalized spacial score (nSPS) is 22.6. The molecule has 242 valence electrons. The van der Waals surface area contributed by atoms with Crippen LogP contribution in [0.4, 0.5) is 0 Å². The van der Waals surface area contributed by atoms with Crippen LogP contribution in [0.1, 0.15) is 22.3 Å². The Morgan fingerprint density at radius 1 is 0.468 bits per heavy atom. The predicted molar refractivity (Wildman–Crippen MR) is 189 cm³/mol. The molecular weight excluding hydrogens is 625 g/mol. The molecule has 6 atom stereocenters. The minimum Gasteiger partial charge on any atom is -0.375 e. The van der Waals surface area contributed by atoms with Crippen molar-refractivity contribution < 1.29 is 23.2 Å². The Labute approximate surface area is 284 Å². The second-order valence-electron chi connectivity index (χ2n) is 11.5. The van der Waals surface area contributed by atoms with Gasteiger partial charge in [-0.3, -0.25) is 4.21 Å². The van der Waals surface area contributed by atoms with Crippen LogP contribution in [0.25, 0.3) is 0 Å². The van der Waals surface area contributed by atoms with E-state index in [0.717, 1.165) is 27.1 Å². The van der Waals surface area contributed by atoms with Gasteiger partial charge < -0.3 is 18.9 Å². The van der Waals surface area contributed by atoms with E-state index in [9.17, 15) is 4.21 Å². The first-order valence-corrected chi connectivity index (χ1v) is 18.1. The van der Waals surface area contributed by atoms with Gasteiger partial charge in [-0.15, -0.1) is 11.8 Å². The highest BCUT2D eigenvalue weighted by atomic mass is 32.2. The maximum absolute atomic E-state index is 14.8. The molecule has 0 saturated carbocycles. The number of rotatable bonds is 15. The molecule has 0 N–H and O–H groups in total. The minimum absolute atomic E-state index is 0.253. The molecule has 47 heavy (non-hydrogen) atoms. The second kappa shape index (κ2) is 17.6. The highest BCUT2D eigenvalue weighted by molar-refractivity contribution is 8.11. The molecule has 0 radical (unpaired) electrons. The zero-order chi connectivity index (χ0) is 32.1. The van der Waals surface area contributed by atoms with Crippen molar-refractivity contribution in [1.82, 2.24) is 0 Å². The van der Waals surface area contributed by atoms with Crippen LogP contribution in [0, 0.1) is 0 Å². The quantitative estimate of drug-likeness (QED) is 0.113. The van der Waals surface area contributed by atoms with Gasteiger partial charge in [-0.2, -0.15) is 0 Å². The van der Waals surface area contributed by atoms with E-state index in [2.05, 4.69) is 24.3 Å². The lowest BCUT2D eigenvalue weighted by atomic mass is 10.0. The minimum atomic E-state index is -1.41. The highest BCUT2D eigenvalue weighted by Crippen LogP contribution is 2.40. The molecule has 0 bridgehead atoms. The lowest BCUT2D eigenvalue weighted by molar-refractivity contribution is -0.155. The van der Waals surface area contributed by atoms with Crippen LogP contribution in [0.3, 0.4) is 0 Å². The van der Waals surface area contributed by atoms with Gasteiger partial charge in [-0.1, -0.05) is 140 Å². The topological polar surface area (TPSA) is 54.0 Å². The van der Waals surface area contributed by atoms with Crippen LogP contribution >= 0.6 is 11.8 Å². The average Bonchev–Trinajstić information content (AvgIpc) is 3.13. The van der Waals surface area contributed by atoms with E-state index in [0.29, 0.717) is 26.4 Å². The largest absolute Gasteiger partial charge is 0.375 e. The third kappa shape index (κ3) is 9.51. The maximum Gasteiger partial charge on any atom is 0.114 e. The van der Waals surface area contributed by atoms with Gasteiger partial charge in [0.2, 0.25) is 0 Å². The van der Waals surface area contributed by atoms with Crippen LogP contribution < -0.4 is 0 Å². The van der Waals surface area contributed by atoms with E-state index in [1.54, 1.807) is 11.8 Å². The van der Waals surface area contributed by atoms with Gasteiger partial charge in [-0.25, -0.2) is 0 Å². The Balaban J connectivity index is 1.35. The van der Waals surface area contributed by atoms with Crippen LogP contribution in [0.5, 0.6) is 0 Å². The molecule has 7 heteroatoms. The van der Waals surface area contributed by atoms with Gasteiger partial charge in [0.1, 0.15) is 22.9 Å². The molecule has 1 heterocycles. The molecule has 1 aliphatic rings. The first-order chi connectivity index (χ1) is 23.2. The van der Waals surface area contributed by atoms with Gasteiger partial charge in [0.25, 0.3) is 0 Å². The summed E-state index contributed by atoms with van der Waals surface area (Å²) in [6.45, 7) is 1.75. The highest BCUT2D eigenvalue weighted by Gasteiger charge is 2.52. The van der Waals surface area contributed by atoms with Crippen molar-refractivity contribution in [1.29, 1.82) is 0 Å². The second-order valence-corrected chi connectivity index (χ2v) is 14.7. The SMILES string of the molecule is O=S1[C@H](COCc2ccccc2)[C@@H](OCc2ccccc2)[C@H](OCc2ccccc2)[C@@H](OCc2ccccc2)[C@H]1Sc1ccccc1. The predicted octanol–water partition coefficient (Wildman–Crippen LogP) is 8.21. The lowest BCUT2D eigenvalue weighted by Crippen LogP contribution is -2.61. The Morgan fingerprint density at radius 2 is 0.851 bits per heavy atom. The van der Waals surface area contributed by atoms with Crippen LogP contribution in [-0.2, 0) is 56.2 Å². The molecule has 1 unspecified atom stereocenters. The molecule has 0 aliphatic carbocycles. The number of hydrogen-bond acceptors (Lipinski definition) is 6. The third-order valence-corrected chi connectivity index (χ3v) is 11.7. The molecule has 1 fully saturated rings. The summed E-state index contributed by atoms with van der Waals surface area (Å²) in [5.74, 6) is 0. The molecular formula is C40H40O5S2. The van der Waals surface area contributed by atoms with E-state index in [1.165, 1.54) is 0 Å². The van der Waals surface area contributed by atoms with Gasteiger partial charge in [0.15, 0.2) is 0 Å². The van der Waals surface area contributed by atoms with Crippen molar-refractivity contribution in [3.63, 3.8) is 0 Å². The zero-order valence-electron chi connectivity index (χ0n) is 26.2. The molecule has 0 spiro atoms. The summed E-state index contributed by atoms with van der Waals surface area (Å²) >= 11 is 1.58. The summed E-state index contributed by atoms with van der Waals surface area (Å²) < 4.78 is 41.1. The van der Waals surface area contributed by atoms with Gasteiger partial charge >= 0.3 is 0 Å². The fraction of sp³-hybridized carbons (Fsp3) is 0.250. The van der Waals surface area contributed by atoms with Crippen molar-refractivity contribution >= 4 is 22.6 Å². The first kappa shape index (κ1) is 33.3. The van der Waals surface area contributed by atoms with Crippen molar-refractivity contribution in [2.24, 2.45) is 0 Å². The number of benzene rings is 5. The fourth-order valence-electron chi connectivity index (χ4n) is 5.63. The monoisotopic (exact) mass is 664 g/mol. The molecule has 0 amide bonds. The van der Waals surface area contributed by atoms with Gasteiger partial charge in [0, 0.05) is 15.7 Å². The maximum atomic E-state index is 14.8. The van der Waals surface area contributed by atoms with E-state index >= 15 is 0 Å². The van der Waals surface area contributed by atoms with Crippen molar-refractivity contribution in [2.45, 2.75) is 59.5 Å². The van der Waals surface area contributed by atoms with E-state index in [-0.39, 0.29) is 6.61 Å². The molecule has 5 nitrogen and oxygen atoms in total. The van der Waals surface area contributed by atoms with Crippen molar-refractivity contribution in [3.05, 3.63) is 174 Å². The van der Waals surface area contributed by atoms with Gasteiger partial charge in [0.05, 0.1) is 38.3 Å². The molecule has 6 rings (SSSR count). The molecule has 1 aliphatic heterocycles. The molecule has 5 aromatic carbocycles. The fourth-order valence-corrected chi connectivity index (χ4v) is 9.29. The number of hydrogen-bond donors (Lipinski definition) is 0. The van der Waals surface area contributed by atoms with Crippen LogP contribution in [0.15, 0.2) is 157 Å². The smallest absolute Gasteiger partial charge is 0.114 e. The average molecular weight is 665 g/mol. The van der Waals surface area contributed by atoms with Crippen LogP contribution in [-0.4, -0.2) is 39.0 Å². The van der Waals surface area contributed by atoms with Crippen molar-refractivity contribution in [2.75, 3.05) is 6.61 Å². The van der Waals surface area contributed by atoms with E-state index < -0.39 is 38.9 Å². The summed E-state index contributed by atoms with van der Waals surface area (Å²) in [6.07, 6.45) is -1.60. The summed E-state index contributed by atoms with van der Waals surface area (Å²) in [5, 5.41) is -0.457. The summed E-state index contributed by atoms with van der Waals surface area (Å²) in [6, 6.07) is 50.4. The third-order valence-electron chi connectivity index (χ3n) is 8.05. The Bertz CT molecular complexity index is 1620. The Hall–Kier alpha value is -3.56. The van der Waals surface area contributed by atoms with Crippen molar-refractivity contribution in [3.8, 4) is 0 Å². The first-order valence-electron chi connectivity index (χ1n) is 15.9. The Kier molecular flexibility index (Phi) is 12.5. The summed E-state index contributed by atoms with van der Waals surface area (Å²) in [5.41, 5.74) is 4.18. The zero-order valence-corrected chi connectivity index (χ0v) is 27.8. The lowest BCUT2D eigenvalue weighted by Gasteiger charge is -2.45. The summed E-state index contributed by atoms with van der Waals surface area (Å²) in [7, 11) is -1.41. The summed E-state index contributed by atoms with van der Waals surface area (Å²) in [4.78, 5) is 1.02. The molecule has 1 saturated heterocycles. The van der Waals surface area contributed by atoms with E-state index in [1.807, 2.05) is 127 Å². The van der Waals surface area contributed by atoms with Gasteiger partial charge in [-0.05, 0) is 34.4 Å². The van der Waals surface area contributed by atoms with Crippen LogP contribution in [0.2, 0.25) is 0 Å². The molecule has 5 aromatic rings. The number of thioether (sulfide) groups is 1. The molecule has 0 aromatic heterocycles. The number of ether oxygens (including phenoxy) is 4. The standard InChI is InChI=1S/C40H40O5S2/c41-47-36(30-42-26-31-16-6-1-7-17-31)37(43-27-32-18-8-2-9-19-32)38(44-28-33-20-10-3-11-21-33)39(45-29-34-22-12-4-13-23-34)40(47)46-35-24-14-5-15-25-35/h1-25,36-40H,26-30H2/t36-,37-,38+,39-,40+,47?/m1/s1. The Morgan fingerprint density at radius 3 is 1.32 bits per heavy atom. The van der Waals surface area contributed by atoms with E-state index in [4.69, 9.17) is 18.9 Å².